The van der Waals surface area contributed by atoms with Gasteiger partial charge in [-0.1, -0.05) is 19.1 Å². The molecule has 1 aromatic carbocycles. The van der Waals surface area contributed by atoms with E-state index in [0.717, 1.165) is 17.0 Å². The van der Waals surface area contributed by atoms with Crippen LogP contribution in [0.5, 0.6) is 5.75 Å². The largest absolute Gasteiger partial charge is 0.497 e. The zero-order valence-corrected chi connectivity index (χ0v) is 13.0. The van der Waals surface area contributed by atoms with E-state index in [4.69, 9.17) is 4.74 Å². The first-order valence-corrected chi connectivity index (χ1v) is 7.34. The van der Waals surface area contributed by atoms with Gasteiger partial charge in [-0.3, -0.25) is 0 Å². The summed E-state index contributed by atoms with van der Waals surface area (Å²) in [7, 11) is 1.62. The van der Waals surface area contributed by atoms with Crippen molar-refractivity contribution in [3.63, 3.8) is 0 Å². The lowest BCUT2D eigenvalue weighted by molar-refractivity contribution is 0.0699. The third-order valence-electron chi connectivity index (χ3n) is 3.75. The number of carboxylic acid groups (broad SMARTS) is 1. The molecule has 6 nitrogen and oxygen atoms in total. The van der Waals surface area contributed by atoms with Crippen LogP contribution in [0.3, 0.4) is 0 Å². The van der Waals surface area contributed by atoms with Gasteiger partial charge >= 0.3 is 5.97 Å². The summed E-state index contributed by atoms with van der Waals surface area (Å²) in [6.07, 6.45) is 2.23. The molecule has 0 aliphatic heterocycles. The predicted octanol–water partition coefficient (Wildman–Crippen LogP) is 2.75. The third kappa shape index (κ3) is 2.88. The molecule has 0 unspecified atom stereocenters. The van der Waals surface area contributed by atoms with Gasteiger partial charge in [-0.05, 0) is 30.2 Å². The van der Waals surface area contributed by atoms with E-state index >= 15 is 0 Å². The number of methoxy groups -OCH3 is 1. The highest BCUT2D eigenvalue weighted by atomic mass is 16.5. The Morgan fingerprint density at radius 3 is 2.65 bits per heavy atom. The van der Waals surface area contributed by atoms with Gasteiger partial charge < -0.3 is 9.84 Å². The number of carbonyl (C=O) groups is 1. The van der Waals surface area contributed by atoms with E-state index in [9.17, 15) is 9.90 Å². The number of benzene rings is 1. The predicted molar refractivity (Wildman–Crippen MR) is 86.0 cm³/mol. The normalized spacial score (nSPS) is 10.9. The van der Waals surface area contributed by atoms with Crippen molar-refractivity contribution in [1.29, 1.82) is 0 Å². The van der Waals surface area contributed by atoms with Gasteiger partial charge in [0, 0.05) is 5.69 Å². The molecule has 0 atom stereocenters. The number of aromatic carboxylic acids is 1. The number of pyridine rings is 1. The fourth-order valence-corrected chi connectivity index (χ4v) is 2.48. The van der Waals surface area contributed by atoms with Crippen LogP contribution in [0, 0.1) is 0 Å². The number of ether oxygens (including phenoxy) is 1. The maximum Gasteiger partial charge on any atom is 0.336 e. The fraction of sp³-hybridized carbons (Fsp3) is 0.235. The lowest BCUT2D eigenvalue weighted by atomic mass is 10.1. The number of hydrogen-bond donors (Lipinski definition) is 1. The van der Waals surface area contributed by atoms with Crippen molar-refractivity contribution in [2.45, 2.75) is 19.9 Å². The summed E-state index contributed by atoms with van der Waals surface area (Å²) in [4.78, 5) is 16.0. The van der Waals surface area contributed by atoms with Crippen molar-refractivity contribution in [2.24, 2.45) is 0 Å². The molecule has 3 aromatic rings. The molecule has 0 saturated carbocycles. The Kier molecular flexibility index (Phi) is 3.97. The summed E-state index contributed by atoms with van der Waals surface area (Å²) in [6.45, 7) is 2.47. The summed E-state index contributed by atoms with van der Waals surface area (Å²) in [5.74, 6) is -0.172. The molecule has 0 radical (unpaired) electrons. The van der Waals surface area contributed by atoms with Crippen LogP contribution in [0.2, 0.25) is 0 Å². The number of carboxylic acids is 1. The summed E-state index contributed by atoms with van der Waals surface area (Å²) < 4.78 is 6.87. The topological polar surface area (TPSA) is 77.2 Å². The molecule has 2 heterocycles. The number of aromatic nitrogens is 3. The van der Waals surface area contributed by atoms with Crippen LogP contribution >= 0.6 is 0 Å². The van der Waals surface area contributed by atoms with Crippen molar-refractivity contribution >= 4 is 17.0 Å². The first-order valence-electron chi connectivity index (χ1n) is 7.34. The Labute approximate surface area is 133 Å². The fourth-order valence-electron chi connectivity index (χ4n) is 2.48. The van der Waals surface area contributed by atoms with Gasteiger partial charge in [-0.25, -0.2) is 14.5 Å². The monoisotopic (exact) mass is 311 g/mol. The van der Waals surface area contributed by atoms with Crippen LogP contribution in [0.25, 0.3) is 11.0 Å². The van der Waals surface area contributed by atoms with Crippen LogP contribution in [0.1, 0.15) is 28.5 Å². The van der Waals surface area contributed by atoms with E-state index in [-0.39, 0.29) is 5.56 Å². The second-order valence-corrected chi connectivity index (χ2v) is 5.21. The Bertz CT molecular complexity index is 853. The van der Waals surface area contributed by atoms with Crippen LogP contribution in [0.4, 0.5) is 0 Å². The van der Waals surface area contributed by atoms with Crippen molar-refractivity contribution in [3.8, 4) is 5.75 Å². The van der Waals surface area contributed by atoms with E-state index in [1.54, 1.807) is 24.1 Å². The standard InChI is InChI=1S/C17H17N3O3/c1-3-12-8-14(17(21)22)15-9-18-20(16(15)19-12)10-11-4-6-13(23-2)7-5-11/h4-9H,3,10H2,1-2H3,(H,21,22). The maximum atomic E-state index is 11.4. The molecule has 0 bridgehead atoms. The third-order valence-corrected chi connectivity index (χ3v) is 3.75. The average Bonchev–Trinajstić information content (AvgIpc) is 2.97. The van der Waals surface area contributed by atoms with E-state index < -0.39 is 5.97 Å². The van der Waals surface area contributed by atoms with Gasteiger partial charge in [0.25, 0.3) is 0 Å². The van der Waals surface area contributed by atoms with Crippen LogP contribution < -0.4 is 4.74 Å². The number of aryl methyl sites for hydroxylation is 1. The minimum Gasteiger partial charge on any atom is -0.497 e. The van der Waals surface area contributed by atoms with Crippen molar-refractivity contribution in [1.82, 2.24) is 14.8 Å². The highest BCUT2D eigenvalue weighted by Gasteiger charge is 2.15. The molecule has 2 aromatic heterocycles. The molecule has 6 heteroatoms. The SMILES string of the molecule is CCc1cc(C(=O)O)c2cnn(Cc3ccc(OC)cc3)c2n1. The second-order valence-electron chi connectivity index (χ2n) is 5.21. The highest BCUT2D eigenvalue weighted by molar-refractivity contribution is 6.01. The first-order chi connectivity index (χ1) is 11.1. The minimum absolute atomic E-state index is 0.243. The zero-order valence-electron chi connectivity index (χ0n) is 13.0. The minimum atomic E-state index is -0.962. The van der Waals surface area contributed by atoms with E-state index in [1.807, 2.05) is 31.2 Å². The van der Waals surface area contributed by atoms with Crippen molar-refractivity contribution in [3.05, 3.63) is 53.3 Å². The molecule has 118 valence electrons. The average molecular weight is 311 g/mol. The molecule has 3 rings (SSSR count). The summed E-state index contributed by atoms with van der Waals surface area (Å²) in [6, 6.07) is 9.29. The lowest BCUT2D eigenvalue weighted by Crippen LogP contribution is -2.05. The molecule has 0 fully saturated rings. The van der Waals surface area contributed by atoms with Crippen LogP contribution in [-0.2, 0) is 13.0 Å². The van der Waals surface area contributed by atoms with Crippen LogP contribution in [0.15, 0.2) is 36.5 Å². The number of rotatable bonds is 5. The highest BCUT2D eigenvalue weighted by Crippen LogP contribution is 2.20. The molecule has 0 aliphatic rings. The molecule has 0 amide bonds. The molecule has 0 spiro atoms. The molecule has 0 aliphatic carbocycles. The molecule has 0 saturated heterocycles. The van der Waals surface area contributed by atoms with Gasteiger partial charge in [-0.15, -0.1) is 0 Å². The summed E-state index contributed by atoms with van der Waals surface area (Å²) in [5, 5.41) is 14.3. The maximum absolute atomic E-state index is 11.4. The summed E-state index contributed by atoms with van der Waals surface area (Å²) in [5.41, 5.74) is 2.62. The van der Waals surface area contributed by atoms with Gasteiger partial charge in [0.05, 0.1) is 30.8 Å². The second kappa shape index (κ2) is 6.08. The lowest BCUT2D eigenvalue weighted by Gasteiger charge is -2.07. The quantitative estimate of drug-likeness (QED) is 0.784. The van der Waals surface area contributed by atoms with Gasteiger partial charge in [0.2, 0.25) is 0 Å². The Morgan fingerprint density at radius 1 is 1.30 bits per heavy atom. The van der Waals surface area contributed by atoms with E-state index in [0.29, 0.717) is 24.0 Å². The number of hydrogen-bond acceptors (Lipinski definition) is 4. The molecular formula is C17H17N3O3. The van der Waals surface area contributed by atoms with Gasteiger partial charge in [-0.2, -0.15) is 5.10 Å². The molecule has 1 N–H and O–H groups in total. The Morgan fingerprint density at radius 2 is 2.04 bits per heavy atom. The smallest absolute Gasteiger partial charge is 0.336 e. The van der Waals surface area contributed by atoms with E-state index in [2.05, 4.69) is 10.1 Å². The molecule has 23 heavy (non-hydrogen) atoms. The number of nitrogens with zero attached hydrogens (tertiary/aromatic N) is 3. The van der Waals surface area contributed by atoms with Crippen molar-refractivity contribution in [2.75, 3.05) is 7.11 Å². The van der Waals surface area contributed by atoms with Gasteiger partial charge in [0.1, 0.15) is 5.75 Å². The number of fused-ring (bicyclic) bond motifs is 1. The van der Waals surface area contributed by atoms with Gasteiger partial charge in [0.15, 0.2) is 5.65 Å². The Hall–Kier alpha value is -2.89. The zero-order chi connectivity index (χ0) is 16.4. The van der Waals surface area contributed by atoms with Crippen molar-refractivity contribution < 1.29 is 14.6 Å². The van der Waals surface area contributed by atoms with E-state index in [1.165, 1.54) is 0 Å². The molecular weight excluding hydrogens is 294 g/mol. The van der Waals surface area contributed by atoms with Crippen LogP contribution in [-0.4, -0.2) is 33.0 Å². The first kappa shape index (κ1) is 15.0. The summed E-state index contributed by atoms with van der Waals surface area (Å²) >= 11 is 0. The Balaban J connectivity index is 2.03.